The van der Waals surface area contributed by atoms with Gasteiger partial charge < -0.3 is 0 Å². The molecule has 0 unspecified atom stereocenters. The Morgan fingerprint density at radius 1 is 1.46 bits per heavy atom. The molecular weight excluding hydrogens is 158 g/mol. The van der Waals surface area contributed by atoms with Gasteiger partial charge in [-0.25, -0.2) is 0 Å². The molecule has 1 rings (SSSR count). The molecule has 0 heterocycles. The molecular formula is C12H15N. The molecule has 0 saturated heterocycles. The van der Waals surface area contributed by atoms with Gasteiger partial charge in [0.05, 0.1) is 5.69 Å². The van der Waals surface area contributed by atoms with Crippen LogP contribution in [0.4, 0.5) is 5.69 Å². The van der Waals surface area contributed by atoms with Crippen molar-refractivity contribution in [2.24, 2.45) is 4.99 Å². The zero-order chi connectivity index (χ0) is 9.68. The van der Waals surface area contributed by atoms with Crippen LogP contribution in [0.2, 0.25) is 0 Å². The van der Waals surface area contributed by atoms with Gasteiger partial charge in [-0.1, -0.05) is 37.8 Å². The number of hydrogen-bond donors (Lipinski definition) is 0. The number of nitrogens with zero attached hydrogens (tertiary/aromatic N) is 1. The second-order valence-corrected chi connectivity index (χ2v) is 2.94. The topological polar surface area (TPSA) is 12.4 Å². The molecule has 0 radical (unpaired) electrons. The van der Waals surface area contributed by atoms with Crippen LogP contribution < -0.4 is 0 Å². The van der Waals surface area contributed by atoms with Gasteiger partial charge in [-0.3, -0.25) is 4.99 Å². The zero-order valence-electron chi connectivity index (χ0n) is 8.25. The van der Waals surface area contributed by atoms with Crippen LogP contribution in [-0.2, 0) is 0 Å². The molecule has 0 aliphatic carbocycles. The first-order valence-electron chi connectivity index (χ1n) is 4.54. The minimum Gasteiger partial charge on any atom is -0.260 e. The van der Waals surface area contributed by atoms with Crippen molar-refractivity contribution in [2.45, 2.75) is 20.3 Å². The Hall–Kier alpha value is -1.37. The van der Waals surface area contributed by atoms with Crippen LogP contribution in [0.5, 0.6) is 0 Å². The third kappa shape index (κ3) is 2.28. The fourth-order valence-corrected chi connectivity index (χ4v) is 1.21. The van der Waals surface area contributed by atoms with E-state index in [1.54, 1.807) is 0 Å². The maximum atomic E-state index is 4.40. The maximum absolute atomic E-state index is 4.40. The highest BCUT2D eigenvalue weighted by Gasteiger charge is 1.98. The van der Waals surface area contributed by atoms with Crippen LogP contribution in [0.25, 0.3) is 6.08 Å². The van der Waals surface area contributed by atoms with E-state index in [4.69, 9.17) is 0 Å². The van der Waals surface area contributed by atoms with Gasteiger partial charge in [-0.05, 0) is 24.5 Å². The molecule has 0 aromatic heterocycles. The predicted molar refractivity (Wildman–Crippen MR) is 59.7 cm³/mol. The lowest BCUT2D eigenvalue weighted by Crippen LogP contribution is -1.80. The largest absolute Gasteiger partial charge is 0.260 e. The highest BCUT2D eigenvalue weighted by atomic mass is 14.7. The monoisotopic (exact) mass is 173 g/mol. The van der Waals surface area contributed by atoms with Crippen molar-refractivity contribution in [3.05, 3.63) is 35.9 Å². The lowest BCUT2D eigenvalue weighted by molar-refractivity contribution is 1.30. The summed E-state index contributed by atoms with van der Waals surface area (Å²) in [4.78, 5) is 4.40. The molecule has 0 atom stereocenters. The van der Waals surface area contributed by atoms with E-state index < -0.39 is 0 Å². The number of rotatable bonds is 3. The van der Waals surface area contributed by atoms with Crippen LogP contribution in [0.15, 0.2) is 29.8 Å². The number of aliphatic imine (C=N–C) groups is 1. The van der Waals surface area contributed by atoms with Crippen molar-refractivity contribution in [1.29, 1.82) is 0 Å². The fraction of sp³-hybridized carbons (Fsp3) is 0.250. The summed E-state index contributed by atoms with van der Waals surface area (Å²) in [7, 11) is 0. The number of aryl methyl sites for hydroxylation is 1. The summed E-state index contributed by atoms with van der Waals surface area (Å²) >= 11 is 0. The van der Waals surface area contributed by atoms with Gasteiger partial charge in [-0.2, -0.15) is 0 Å². The maximum Gasteiger partial charge on any atom is 0.0726 e. The van der Waals surface area contributed by atoms with Crippen molar-refractivity contribution < 1.29 is 0 Å². The molecule has 0 aliphatic heterocycles. The average molecular weight is 173 g/mol. The first kappa shape index (κ1) is 9.72. The van der Waals surface area contributed by atoms with E-state index in [-0.39, 0.29) is 0 Å². The minimum absolute atomic E-state index is 0.963. The standard InChI is InChI=1S/C12H15N/c1-4-9-13-12-10(3)7-6-8-11(12)5-2/h5-9H,2,4H2,1,3H3. The van der Waals surface area contributed by atoms with Crippen LogP contribution in [0.1, 0.15) is 24.5 Å². The summed E-state index contributed by atoms with van der Waals surface area (Å²) in [6.45, 7) is 7.91. The minimum atomic E-state index is 0.963. The van der Waals surface area contributed by atoms with Crippen molar-refractivity contribution in [1.82, 2.24) is 0 Å². The Kier molecular flexibility index (Phi) is 3.44. The van der Waals surface area contributed by atoms with Gasteiger partial charge in [0, 0.05) is 6.21 Å². The van der Waals surface area contributed by atoms with Crippen LogP contribution in [0.3, 0.4) is 0 Å². The van der Waals surface area contributed by atoms with E-state index >= 15 is 0 Å². The van der Waals surface area contributed by atoms with E-state index in [1.165, 1.54) is 5.56 Å². The Morgan fingerprint density at radius 3 is 2.85 bits per heavy atom. The molecule has 1 heteroatoms. The van der Waals surface area contributed by atoms with E-state index in [2.05, 4.69) is 31.5 Å². The Labute approximate surface area is 79.8 Å². The quantitative estimate of drug-likeness (QED) is 0.617. The van der Waals surface area contributed by atoms with E-state index in [0.29, 0.717) is 0 Å². The first-order valence-corrected chi connectivity index (χ1v) is 4.54. The Morgan fingerprint density at radius 2 is 2.23 bits per heavy atom. The summed E-state index contributed by atoms with van der Waals surface area (Å²) in [5, 5.41) is 0. The number of hydrogen-bond acceptors (Lipinski definition) is 1. The Bertz CT molecular complexity index is 324. The molecule has 1 nitrogen and oxygen atoms in total. The van der Waals surface area contributed by atoms with Crippen LogP contribution >= 0.6 is 0 Å². The molecule has 0 bridgehead atoms. The molecule has 0 amide bonds. The number of para-hydroxylation sites is 1. The van der Waals surface area contributed by atoms with Gasteiger partial charge in [0.2, 0.25) is 0 Å². The molecule has 0 saturated carbocycles. The highest BCUT2D eigenvalue weighted by Crippen LogP contribution is 2.24. The van der Waals surface area contributed by atoms with Crippen LogP contribution in [0, 0.1) is 6.92 Å². The third-order valence-corrected chi connectivity index (χ3v) is 1.89. The van der Waals surface area contributed by atoms with E-state index in [1.807, 2.05) is 24.4 Å². The van der Waals surface area contributed by atoms with Gasteiger partial charge >= 0.3 is 0 Å². The van der Waals surface area contributed by atoms with Crippen molar-refractivity contribution in [3.63, 3.8) is 0 Å². The second-order valence-electron chi connectivity index (χ2n) is 2.94. The lowest BCUT2D eigenvalue weighted by atomic mass is 10.1. The van der Waals surface area contributed by atoms with E-state index in [0.717, 1.165) is 17.7 Å². The summed E-state index contributed by atoms with van der Waals surface area (Å²) in [6.07, 6.45) is 4.73. The van der Waals surface area contributed by atoms with Gasteiger partial charge in [0.1, 0.15) is 0 Å². The summed E-state index contributed by atoms with van der Waals surface area (Å²) < 4.78 is 0. The van der Waals surface area contributed by atoms with Crippen molar-refractivity contribution in [2.75, 3.05) is 0 Å². The summed E-state index contributed by atoms with van der Waals surface area (Å²) in [5.74, 6) is 0. The van der Waals surface area contributed by atoms with Crippen LogP contribution in [-0.4, -0.2) is 6.21 Å². The van der Waals surface area contributed by atoms with Crippen molar-refractivity contribution in [3.8, 4) is 0 Å². The van der Waals surface area contributed by atoms with E-state index in [9.17, 15) is 0 Å². The molecule has 0 spiro atoms. The van der Waals surface area contributed by atoms with Gasteiger partial charge in [0.15, 0.2) is 0 Å². The highest BCUT2D eigenvalue weighted by molar-refractivity contribution is 5.72. The summed E-state index contributed by atoms with van der Waals surface area (Å²) in [6, 6.07) is 6.12. The third-order valence-electron chi connectivity index (χ3n) is 1.89. The van der Waals surface area contributed by atoms with Gasteiger partial charge in [0.25, 0.3) is 0 Å². The Balaban J connectivity index is 3.14. The average Bonchev–Trinajstić information content (AvgIpc) is 2.15. The van der Waals surface area contributed by atoms with Gasteiger partial charge in [-0.15, -0.1) is 0 Å². The first-order chi connectivity index (χ1) is 6.29. The molecule has 1 aromatic rings. The normalized spacial score (nSPS) is 10.6. The van der Waals surface area contributed by atoms with Crippen molar-refractivity contribution >= 4 is 18.0 Å². The zero-order valence-corrected chi connectivity index (χ0v) is 8.25. The smallest absolute Gasteiger partial charge is 0.0726 e. The molecule has 0 N–H and O–H groups in total. The fourth-order valence-electron chi connectivity index (χ4n) is 1.21. The number of benzene rings is 1. The lowest BCUT2D eigenvalue weighted by Gasteiger charge is -2.03. The summed E-state index contributed by atoms with van der Waals surface area (Å²) in [5.41, 5.74) is 3.34. The molecule has 1 aromatic carbocycles. The molecule has 68 valence electrons. The molecule has 13 heavy (non-hydrogen) atoms. The second kappa shape index (κ2) is 4.61. The SMILES string of the molecule is C=Cc1cccc(C)c1N=CCC. The molecule has 0 aliphatic rings. The predicted octanol–water partition coefficient (Wildman–Crippen LogP) is 3.75. The molecule has 0 fully saturated rings.